The molecule has 5 aromatic rings. The number of H-pyrrole nitrogens is 1. The van der Waals surface area contributed by atoms with Gasteiger partial charge in [0.1, 0.15) is 5.69 Å². The molecule has 0 aliphatic carbocycles. The van der Waals surface area contributed by atoms with Crippen molar-refractivity contribution in [3.8, 4) is 16.9 Å². The van der Waals surface area contributed by atoms with Crippen LogP contribution < -0.4 is 10.2 Å². The Morgan fingerprint density at radius 2 is 1.60 bits per heavy atom. The number of carbonyl (C=O) groups is 2. The molecule has 42 heavy (non-hydrogen) atoms. The molecule has 0 spiro atoms. The number of esters is 1. The molecule has 2 N–H and O–H groups in total. The van der Waals surface area contributed by atoms with Crippen LogP contribution in [0.3, 0.4) is 0 Å². The van der Waals surface area contributed by atoms with Gasteiger partial charge in [-0.05, 0) is 64.5 Å². The van der Waals surface area contributed by atoms with E-state index in [0.29, 0.717) is 56.6 Å². The summed E-state index contributed by atoms with van der Waals surface area (Å²) in [5.41, 5.74) is 4.79. The topological polar surface area (TPSA) is 83.5 Å². The van der Waals surface area contributed by atoms with Crippen LogP contribution in [0.1, 0.15) is 26.4 Å². The maximum atomic E-state index is 13.4. The van der Waals surface area contributed by atoms with Crippen molar-refractivity contribution in [1.82, 2.24) is 10.4 Å². The zero-order valence-electron chi connectivity index (χ0n) is 20.7. The SMILES string of the molecule is O=C(Oc1c(Br)cc(Br)cc1C=NNC(=O)c1[nH]c2cc(Cl)cc(Cl)c2c1-c1ccccc1Cl)c1ccc(Cl)cc1Cl. The van der Waals surface area contributed by atoms with Gasteiger partial charge in [-0.3, -0.25) is 4.79 Å². The highest BCUT2D eigenvalue weighted by molar-refractivity contribution is 9.11. The Balaban J connectivity index is 1.48. The van der Waals surface area contributed by atoms with Gasteiger partial charge in [-0.2, -0.15) is 5.10 Å². The molecule has 13 heteroatoms. The van der Waals surface area contributed by atoms with Gasteiger partial charge in [0.15, 0.2) is 5.75 Å². The van der Waals surface area contributed by atoms with Gasteiger partial charge >= 0.3 is 5.97 Å². The predicted molar refractivity (Wildman–Crippen MR) is 177 cm³/mol. The molecule has 1 heterocycles. The summed E-state index contributed by atoms with van der Waals surface area (Å²) in [5, 5.41) is 6.38. The van der Waals surface area contributed by atoms with Crippen molar-refractivity contribution < 1.29 is 14.3 Å². The quantitative estimate of drug-likeness (QED) is 0.0778. The lowest BCUT2D eigenvalue weighted by Crippen LogP contribution is -2.19. The van der Waals surface area contributed by atoms with Crippen molar-refractivity contribution in [2.24, 2.45) is 5.10 Å². The third-order valence-electron chi connectivity index (χ3n) is 5.94. The van der Waals surface area contributed by atoms with E-state index >= 15 is 0 Å². The van der Waals surface area contributed by atoms with Crippen LogP contribution in [0.4, 0.5) is 0 Å². The predicted octanol–water partition coefficient (Wildman–Crippen LogP) is 10.6. The molecule has 0 bridgehead atoms. The summed E-state index contributed by atoms with van der Waals surface area (Å²) in [6, 6.07) is 18.1. The molecule has 1 amide bonds. The number of ether oxygens (including phenoxy) is 1. The van der Waals surface area contributed by atoms with Gasteiger partial charge in [0, 0.05) is 47.1 Å². The van der Waals surface area contributed by atoms with Crippen LogP contribution in [0.2, 0.25) is 25.1 Å². The minimum atomic E-state index is -0.712. The second-order valence-corrected chi connectivity index (χ2v) is 12.5. The Hall–Kier alpha value is -2.56. The number of nitrogens with one attached hydrogen (secondary N) is 2. The minimum absolute atomic E-state index is 0.122. The average molecular weight is 790 g/mol. The van der Waals surface area contributed by atoms with Gasteiger partial charge in [-0.1, -0.05) is 92.1 Å². The van der Waals surface area contributed by atoms with Crippen LogP contribution in [0.5, 0.6) is 5.75 Å². The Morgan fingerprint density at radius 1 is 0.857 bits per heavy atom. The van der Waals surface area contributed by atoms with E-state index in [1.165, 1.54) is 24.4 Å². The first-order valence-electron chi connectivity index (χ1n) is 11.8. The smallest absolute Gasteiger partial charge is 0.345 e. The highest BCUT2D eigenvalue weighted by Crippen LogP contribution is 2.41. The van der Waals surface area contributed by atoms with Crippen LogP contribution in [0.25, 0.3) is 22.0 Å². The number of halogens is 7. The second-order valence-electron chi connectivity index (χ2n) is 8.68. The summed E-state index contributed by atoms with van der Waals surface area (Å²) in [5.74, 6) is -1.14. The average Bonchev–Trinajstić information content (AvgIpc) is 3.30. The summed E-state index contributed by atoms with van der Waals surface area (Å²) >= 11 is 38.2. The Morgan fingerprint density at radius 3 is 2.33 bits per heavy atom. The summed E-state index contributed by atoms with van der Waals surface area (Å²) in [6.07, 6.45) is 1.33. The van der Waals surface area contributed by atoms with E-state index in [1.54, 1.807) is 48.5 Å². The van der Waals surface area contributed by atoms with Crippen molar-refractivity contribution in [3.05, 3.63) is 118 Å². The number of nitrogens with zero attached hydrogens (tertiary/aromatic N) is 1. The molecule has 0 atom stereocenters. The first kappa shape index (κ1) is 30.9. The normalized spacial score (nSPS) is 11.3. The molecule has 5 rings (SSSR count). The van der Waals surface area contributed by atoms with Crippen LogP contribution in [-0.2, 0) is 0 Å². The van der Waals surface area contributed by atoms with Gasteiger partial charge in [-0.25, -0.2) is 10.2 Å². The van der Waals surface area contributed by atoms with Crippen LogP contribution in [0.15, 0.2) is 80.8 Å². The molecule has 1 aromatic heterocycles. The van der Waals surface area contributed by atoms with Crippen molar-refractivity contribution in [3.63, 3.8) is 0 Å². The Bertz CT molecular complexity index is 1930. The molecule has 0 saturated carbocycles. The van der Waals surface area contributed by atoms with Gasteiger partial charge in [0.25, 0.3) is 5.91 Å². The fourth-order valence-electron chi connectivity index (χ4n) is 4.15. The maximum absolute atomic E-state index is 13.4. The van der Waals surface area contributed by atoms with E-state index in [1.807, 2.05) is 0 Å². The van der Waals surface area contributed by atoms with E-state index in [4.69, 9.17) is 62.7 Å². The van der Waals surface area contributed by atoms with Gasteiger partial charge in [0.05, 0.1) is 26.3 Å². The summed E-state index contributed by atoms with van der Waals surface area (Å²) in [7, 11) is 0. The number of aromatic amines is 1. The fraction of sp³-hybridized carbons (Fsp3) is 0. The number of hydrogen-bond acceptors (Lipinski definition) is 4. The number of carbonyl (C=O) groups excluding carboxylic acids is 2. The van der Waals surface area contributed by atoms with Gasteiger partial charge in [0.2, 0.25) is 0 Å². The lowest BCUT2D eigenvalue weighted by Gasteiger charge is -2.11. The summed E-state index contributed by atoms with van der Waals surface area (Å²) in [4.78, 5) is 29.4. The first-order valence-corrected chi connectivity index (χ1v) is 15.3. The molecule has 0 saturated heterocycles. The van der Waals surface area contributed by atoms with E-state index in [2.05, 4.69) is 47.4 Å². The molecule has 0 fully saturated rings. The minimum Gasteiger partial charge on any atom is -0.421 e. The number of benzene rings is 4. The van der Waals surface area contributed by atoms with Crippen molar-refractivity contribution in [2.75, 3.05) is 0 Å². The van der Waals surface area contributed by atoms with Crippen molar-refractivity contribution in [2.45, 2.75) is 0 Å². The van der Waals surface area contributed by atoms with E-state index in [0.717, 1.165) is 0 Å². The molecule has 212 valence electrons. The summed E-state index contributed by atoms with van der Waals surface area (Å²) < 4.78 is 6.76. The highest BCUT2D eigenvalue weighted by Gasteiger charge is 2.23. The second kappa shape index (κ2) is 13.0. The molecular weight excluding hydrogens is 775 g/mol. The monoisotopic (exact) mass is 785 g/mol. The van der Waals surface area contributed by atoms with Crippen LogP contribution in [-0.4, -0.2) is 23.1 Å². The maximum Gasteiger partial charge on any atom is 0.345 e. The number of aromatic nitrogens is 1. The number of amides is 1. The van der Waals surface area contributed by atoms with Crippen molar-refractivity contribution >= 4 is 119 Å². The highest BCUT2D eigenvalue weighted by atomic mass is 79.9. The number of hydrazone groups is 1. The van der Waals surface area contributed by atoms with Gasteiger partial charge < -0.3 is 9.72 Å². The largest absolute Gasteiger partial charge is 0.421 e. The number of rotatable bonds is 6. The van der Waals surface area contributed by atoms with Gasteiger partial charge in [-0.15, -0.1) is 0 Å². The third kappa shape index (κ3) is 6.50. The zero-order chi connectivity index (χ0) is 30.1. The Kier molecular flexibility index (Phi) is 9.54. The van der Waals surface area contributed by atoms with Crippen LogP contribution in [0, 0.1) is 0 Å². The van der Waals surface area contributed by atoms with E-state index in [-0.39, 0.29) is 22.0 Å². The Labute approximate surface area is 281 Å². The molecule has 0 radical (unpaired) electrons. The molecule has 6 nitrogen and oxygen atoms in total. The molecular formula is C29H14Br2Cl5N3O3. The molecule has 4 aromatic carbocycles. The van der Waals surface area contributed by atoms with Crippen LogP contribution >= 0.6 is 89.9 Å². The third-order valence-corrected chi connectivity index (χ3v) is 8.38. The summed E-state index contributed by atoms with van der Waals surface area (Å²) in [6.45, 7) is 0. The molecule has 0 aliphatic rings. The molecule has 0 aliphatic heterocycles. The number of fused-ring (bicyclic) bond motifs is 1. The standard InChI is InChI=1S/C29H14Br2Cl5N3O3/c30-14-7-13(27(19(31)8-14)42-29(41)18-6-5-15(32)9-21(18)35)12-37-39-28(40)26-24(17-3-1-2-4-20(17)34)25-22(36)10-16(33)11-23(25)38-26/h1-12,38H,(H,39,40). The molecule has 0 unspecified atom stereocenters. The lowest BCUT2D eigenvalue weighted by atomic mass is 10.0. The first-order chi connectivity index (χ1) is 20.0. The lowest BCUT2D eigenvalue weighted by molar-refractivity contribution is 0.0733. The van der Waals surface area contributed by atoms with E-state index in [9.17, 15) is 9.59 Å². The van der Waals surface area contributed by atoms with E-state index < -0.39 is 11.9 Å². The number of hydrogen-bond donors (Lipinski definition) is 2. The van der Waals surface area contributed by atoms with Crippen molar-refractivity contribution in [1.29, 1.82) is 0 Å². The fourth-order valence-corrected chi connectivity index (χ4v) is 6.80. The zero-order valence-corrected chi connectivity index (χ0v) is 27.7.